The van der Waals surface area contributed by atoms with Gasteiger partial charge >= 0.3 is 17.7 Å². The summed E-state index contributed by atoms with van der Waals surface area (Å²) >= 11 is 12.1. The number of nitrogens with zero attached hydrogens (tertiary/aromatic N) is 3. The van der Waals surface area contributed by atoms with Gasteiger partial charge in [0, 0.05) is 18.4 Å². The van der Waals surface area contributed by atoms with Crippen LogP contribution in [-0.4, -0.2) is 62.0 Å². The predicted octanol–water partition coefficient (Wildman–Crippen LogP) is 3.07. The molecule has 14 heteroatoms. The van der Waals surface area contributed by atoms with Crippen molar-refractivity contribution < 1.29 is 24.3 Å². The van der Waals surface area contributed by atoms with Crippen molar-refractivity contribution in [2.24, 2.45) is 0 Å². The molecule has 1 fully saturated rings. The van der Waals surface area contributed by atoms with E-state index in [2.05, 4.69) is 20.9 Å². The fourth-order valence-electron chi connectivity index (χ4n) is 4.17. The summed E-state index contributed by atoms with van der Waals surface area (Å²) in [5.41, 5.74) is -0.294. The summed E-state index contributed by atoms with van der Waals surface area (Å²) in [5.74, 6) is -2.58. The van der Waals surface area contributed by atoms with E-state index in [1.807, 2.05) is 0 Å². The fraction of sp³-hybridized carbons (Fsp3) is 0.231. The number of carboxylic acid groups (broad SMARTS) is 1. The van der Waals surface area contributed by atoms with E-state index in [0.29, 0.717) is 18.5 Å². The Morgan fingerprint density at radius 3 is 2.35 bits per heavy atom. The Balaban J connectivity index is 1.41. The van der Waals surface area contributed by atoms with Crippen molar-refractivity contribution in [2.75, 3.05) is 17.2 Å². The second-order valence-corrected chi connectivity index (χ2v) is 9.66. The number of hydrogen-bond donors (Lipinski definition) is 4. The molecule has 0 bridgehead atoms. The lowest BCUT2D eigenvalue weighted by atomic mass is 10.2. The summed E-state index contributed by atoms with van der Waals surface area (Å²) in [4.78, 5) is 67.8. The number of carboxylic acids is 1. The second kappa shape index (κ2) is 12.6. The van der Waals surface area contributed by atoms with Crippen LogP contribution in [0.2, 0.25) is 10.0 Å². The van der Waals surface area contributed by atoms with E-state index in [1.54, 1.807) is 36.4 Å². The summed E-state index contributed by atoms with van der Waals surface area (Å²) in [6.07, 6.45) is 2.21. The van der Waals surface area contributed by atoms with Crippen LogP contribution in [0.25, 0.3) is 0 Å². The van der Waals surface area contributed by atoms with Gasteiger partial charge in [0.15, 0.2) is 0 Å². The summed E-state index contributed by atoms with van der Waals surface area (Å²) < 4.78 is 0.973. The normalized spacial score (nSPS) is 15.2. The van der Waals surface area contributed by atoms with Crippen LogP contribution < -0.4 is 21.6 Å². The molecule has 3 aromatic rings. The Morgan fingerprint density at radius 2 is 1.70 bits per heavy atom. The molecule has 2 heterocycles. The maximum atomic E-state index is 13.0. The highest BCUT2D eigenvalue weighted by Crippen LogP contribution is 2.25. The van der Waals surface area contributed by atoms with Crippen LogP contribution in [0.5, 0.6) is 0 Å². The van der Waals surface area contributed by atoms with Crippen molar-refractivity contribution in [1.82, 2.24) is 19.8 Å². The Bertz CT molecular complexity index is 1480. The third-order valence-corrected chi connectivity index (χ3v) is 6.77. The van der Waals surface area contributed by atoms with Crippen LogP contribution in [0.15, 0.2) is 65.6 Å². The van der Waals surface area contributed by atoms with Crippen LogP contribution in [0.3, 0.4) is 0 Å². The molecule has 0 unspecified atom stereocenters. The molecule has 0 aliphatic carbocycles. The van der Waals surface area contributed by atoms with E-state index < -0.39 is 42.2 Å². The van der Waals surface area contributed by atoms with Crippen molar-refractivity contribution in [1.29, 1.82) is 0 Å². The van der Waals surface area contributed by atoms with Gasteiger partial charge in [0.25, 0.3) is 5.91 Å². The number of para-hydroxylation sites is 1. The molecule has 4 N–H and O–H groups in total. The highest BCUT2D eigenvalue weighted by molar-refractivity contribution is 6.40. The van der Waals surface area contributed by atoms with Crippen molar-refractivity contribution in [3.63, 3.8) is 0 Å². The third-order valence-electron chi connectivity index (χ3n) is 6.14. The highest BCUT2D eigenvalue weighted by Gasteiger charge is 2.36. The van der Waals surface area contributed by atoms with Crippen LogP contribution >= 0.6 is 23.2 Å². The average molecular weight is 587 g/mol. The summed E-state index contributed by atoms with van der Waals surface area (Å²) in [5, 5.41) is 17.5. The van der Waals surface area contributed by atoms with Gasteiger partial charge in [0.05, 0.1) is 22.2 Å². The van der Waals surface area contributed by atoms with E-state index in [1.165, 1.54) is 29.3 Å². The highest BCUT2D eigenvalue weighted by atomic mass is 35.5. The zero-order valence-corrected chi connectivity index (χ0v) is 22.4. The third kappa shape index (κ3) is 6.77. The maximum Gasteiger partial charge on any atom is 0.349 e. The number of aliphatic carboxylic acids is 1. The molecule has 0 saturated carbocycles. The predicted molar refractivity (Wildman–Crippen MR) is 148 cm³/mol. The summed E-state index contributed by atoms with van der Waals surface area (Å²) in [7, 11) is 0. The smallest absolute Gasteiger partial charge is 0.349 e. The summed E-state index contributed by atoms with van der Waals surface area (Å²) in [6.45, 7) is -0.192. The maximum absolute atomic E-state index is 13.0. The number of halogens is 2. The number of anilines is 2. The number of aromatic nitrogens is 2. The number of amides is 4. The fourth-order valence-corrected chi connectivity index (χ4v) is 4.74. The SMILES string of the molecule is O=C(Nc1ccn(C[C@H](NC(=O)N2CCC[C@@H]2C(=O)Nc2ccccc2)C(=O)O)c(=O)n1)c1c(Cl)cccc1Cl. The van der Waals surface area contributed by atoms with E-state index >= 15 is 0 Å². The Hall–Kier alpha value is -4.42. The monoisotopic (exact) mass is 586 g/mol. The first-order valence-corrected chi connectivity index (χ1v) is 12.9. The van der Waals surface area contributed by atoms with Crippen molar-refractivity contribution in [2.45, 2.75) is 31.5 Å². The lowest BCUT2D eigenvalue weighted by molar-refractivity contribution is -0.139. The molecule has 0 radical (unpaired) electrons. The van der Waals surface area contributed by atoms with Gasteiger partial charge in [-0.2, -0.15) is 4.98 Å². The van der Waals surface area contributed by atoms with Gasteiger partial charge < -0.3 is 26.0 Å². The number of urea groups is 1. The molecule has 1 aliphatic rings. The first kappa shape index (κ1) is 28.6. The lowest BCUT2D eigenvalue weighted by Gasteiger charge is -2.26. The Morgan fingerprint density at radius 1 is 1.00 bits per heavy atom. The van der Waals surface area contributed by atoms with Crippen LogP contribution in [0.4, 0.5) is 16.3 Å². The number of carbonyl (C=O) groups is 4. The van der Waals surface area contributed by atoms with Crippen LogP contribution in [-0.2, 0) is 16.1 Å². The molecule has 2 atom stereocenters. The molecular formula is C26H24Cl2N6O6. The molecule has 1 saturated heterocycles. The molecule has 4 rings (SSSR count). The molecule has 4 amide bonds. The number of hydrogen-bond acceptors (Lipinski definition) is 6. The topological polar surface area (TPSA) is 163 Å². The minimum atomic E-state index is -1.51. The minimum Gasteiger partial charge on any atom is -0.480 e. The first-order valence-electron chi connectivity index (χ1n) is 12.1. The van der Waals surface area contributed by atoms with Gasteiger partial charge in [0.1, 0.15) is 17.9 Å². The van der Waals surface area contributed by atoms with E-state index in [0.717, 1.165) is 4.57 Å². The standard InChI is InChI=1S/C26H24Cl2N6O6/c27-16-8-4-9-17(28)21(16)23(36)31-20-11-13-33(25(39)32-20)14-18(24(37)38)30-26(40)34-12-5-10-19(34)22(35)29-15-6-2-1-3-7-15/h1-4,6-9,11,13,18-19H,5,10,12,14H2,(H,29,35)(H,30,40)(H,37,38)(H,31,32,36,39)/t18-,19+/m0/s1. The molecule has 40 heavy (non-hydrogen) atoms. The number of carbonyl (C=O) groups excluding carboxylic acids is 3. The number of likely N-dealkylation sites (tertiary alicyclic amines) is 1. The largest absolute Gasteiger partial charge is 0.480 e. The van der Waals surface area contributed by atoms with E-state index in [4.69, 9.17) is 23.2 Å². The average Bonchev–Trinajstić information content (AvgIpc) is 3.40. The van der Waals surface area contributed by atoms with E-state index in [9.17, 15) is 29.1 Å². The summed E-state index contributed by atoms with van der Waals surface area (Å²) in [6, 6.07) is 11.5. The molecule has 1 aromatic heterocycles. The van der Waals surface area contributed by atoms with Gasteiger partial charge in [-0.25, -0.2) is 14.4 Å². The van der Waals surface area contributed by atoms with Crippen molar-refractivity contribution in [3.05, 3.63) is 86.9 Å². The number of rotatable bonds is 8. The zero-order chi connectivity index (χ0) is 28.8. The van der Waals surface area contributed by atoms with Gasteiger partial charge in [-0.05, 0) is 43.2 Å². The van der Waals surface area contributed by atoms with Gasteiger partial charge in [0.2, 0.25) is 5.91 Å². The zero-order valence-electron chi connectivity index (χ0n) is 20.8. The molecule has 12 nitrogen and oxygen atoms in total. The molecule has 208 valence electrons. The molecular weight excluding hydrogens is 563 g/mol. The van der Waals surface area contributed by atoms with E-state index in [-0.39, 0.29) is 33.9 Å². The second-order valence-electron chi connectivity index (χ2n) is 8.85. The van der Waals surface area contributed by atoms with Crippen LogP contribution in [0, 0.1) is 0 Å². The Labute approximate surface area is 237 Å². The molecule has 2 aromatic carbocycles. The van der Waals surface area contributed by atoms with Crippen molar-refractivity contribution >= 4 is 58.5 Å². The van der Waals surface area contributed by atoms with Gasteiger partial charge in [-0.3, -0.25) is 14.2 Å². The molecule has 1 aliphatic heterocycles. The quantitative estimate of drug-likeness (QED) is 0.315. The first-order chi connectivity index (χ1) is 19.1. The van der Waals surface area contributed by atoms with Gasteiger partial charge in [-0.1, -0.05) is 47.5 Å². The molecule has 0 spiro atoms. The lowest BCUT2D eigenvalue weighted by Crippen LogP contribution is -2.53. The minimum absolute atomic E-state index is 0.00290. The van der Waals surface area contributed by atoms with Gasteiger partial charge in [-0.15, -0.1) is 0 Å². The Kier molecular flexibility index (Phi) is 9.02. The van der Waals surface area contributed by atoms with Crippen molar-refractivity contribution in [3.8, 4) is 0 Å². The number of nitrogens with one attached hydrogen (secondary N) is 3. The number of benzene rings is 2. The van der Waals surface area contributed by atoms with Crippen LogP contribution in [0.1, 0.15) is 23.2 Å².